The fourth-order valence-corrected chi connectivity index (χ4v) is 5.11. The van der Waals surface area contributed by atoms with E-state index in [4.69, 9.17) is 14.2 Å². The van der Waals surface area contributed by atoms with Crippen LogP contribution in [0, 0.1) is 11.8 Å². The lowest BCUT2D eigenvalue weighted by atomic mass is 9.75. The lowest BCUT2D eigenvalue weighted by Gasteiger charge is -2.32. The van der Waals surface area contributed by atoms with Gasteiger partial charge in [-0.15, -0.1) is 0 Å². The Morgan fingerprint density at radius 2 is 1.81 bits per heavy atom. The first-order chi connectivity index (χ1) is 15.4. The van der Waals surface area contributed by atoms with Gasteiger partial charge in [0.2, 0.25) is 0 Å². The Labute approximate surface area is 195 Å². The number of rotatable bonds is 4. The van der Waals surface area contributed by atoms with E-state index < -0.39 is 17.9 Å². The molecular weight excluding hydrogens is 476 g/mol. The van der Waals surface area contributed by atoms with Crippen molar-refractivity contribution in [1.82, 2.24) is 0 Å². The number of nitrogens with one attached hydrogen (secondary N) is 2. The zero-order valence-corrected chi connectivity index (χ0v) is 19.9. The standard InChI is InChI=1S/C24H25BrN2O5/c1-12-9-17-20(22(28)19(12)24(29)32-4)21(27-16-8-6-5-7-15(16)26-17)13-10-14(25)23(31-3)18(11-13)30-2/h5-8,10-12,19,21,26-27H,9H2,1-4H3/t12-,19+,21-/m1/s1. The van der Waals surface area contributed by atoms with Gasteiger partial charge in [0.25, 0.3) is 0 Å². The van der Waals surface area contributed by atoms with Crippen molar-refractivity contribution in [3.63, 3.8) is 0 Å². The molecule has 0 radical (unpaired) electrons. The maximum absolute atomic E-state index is 13.7. The molecule has 0 unspecified atom stereocenters. The molecule has 3 atom stereocenters. The van der Waals surface area contributed by atoms with Crippen molar-refractivity contribution in [2.45, 2.75) is 19.4 Å². The molecule has 1 heterocycles. The number of halogens is 1. The molecule has 168 valence electrons. The van der Waals surface area contributed by atoms with Crippen molar-refractivity contribution in [3.05, 3.63) is 57.7 Å². The molecule has 0 saturated carbocycles. The van der Waals surface area contributed by atoms with E-state index in [2.05, 4.69) is 26.6 Å². The minimum Gasteiger partial charge on any atom is -0.493 e. The summed E-state index contributed by atoms with van der Waals surface area (Å²) in [4.78, 5) is 26.2. The van der Waals surface area contributed by atoms with E-state index in [1.54, 1.807) is 14.2 Å². The molecule has 2 aromatic rings. The Kier molecular flexibility index (Phi) is 6.15. The minimum atomic E-state index is -0.852. The average Bonchev–Trinajstić information content (AvgIpc) is 2.94. The van der Waals surface area contributed by atoms with Crippen LogP contribution in [0.15, 0.2) is 52.1 Å². The number of fused-ring (bicyclic) bond motifs is 1. The van der Waals surface area contributed by atoms with Crippen molar-refractivity contribution in [1.29, 1.82) is 0 Å². The lowest BCUT2D eigenvalue weighted by molar-refractivity contribution is -0.151. The first kappa shape index (κ1) is 22.2. The van der Waals surface area contributed by atoms with Gasteiger partial charge in [-0.1, -0.05) is 19.1 Å². The van der Waals surface area contributed by atoms with Crippen molar-refractivity contribution in [2.75, 3.05) is 32.0 Å². The second-order valence-corrected chi connectivity index (χ2v) is 8.78. The zero-order valence-electron chi connectivity index (χ0n) is 18.3. The highest BCUT2D eigenvalue weighted by Crippen LogP contribution is 2.46. The number of methoxy groups -OCH3 is 3. The third-order valence-corrected chi connectivity index (χ3v) is 6.60. The summed E-state index contributed by atoms with van der Waals surface area (Å²) in [5, 5.41) is 6.94. The van der Waals surface area contributed by atoms with Gasteiger partial charge in [-0.25, -0.2) is 0 Å². The molecule has 0 bridgehead atoms. The van der Waals surface area contributed by atoms with Gasteiger partial charge in [-0.2, -0.15) is 0 Å². The fourth-order valence-electron chi connectivity index (χ4n) is 4.49. The van der Waals surface area contributed by atoms with Gasteiger partial charge >= 0.3 is 5.97 Å². The van der Waals surface area contributed by atoms with E-state index in [0.29, 0.717) is 28.0 Å². The first-order valence-corrected chi connectivity index (χ1v) is 11.1. The molecular formula is C24H25BrN2O5. The van der Waals surface area contributed by atoms with E-state index in [1.807, 2.05) is 43.3 Å². The summed E-state index contributed by atoms with van der Waals surface area (Å²) in [5.41, 5.74) is 3.85. The highest BCUT2D eigenvalue weighted by Gasteiger charge is 2.44. The Morgan fingerprint density at radius 3 is 2.47 bits per heavy atom. The molecule has 8 heteroatoms. The Morgan fingerprint density at radius 1 is 1.09 bits per heavy atom. The van der Waals surface area contributed by atoms with E-state index in [9.17, 15) is 9.59 Å². The van der Waals surface area contributed by atoms with E-state index >= 15 is 0 Å². The van der Waals surface area contributed by atoms with Crippen molar-refractivity contribution in [2.24, 2.45) is 11.8 Å². The van der Waals surface area contributed by atoms with E-state index in [-0.39, 0.29) is 11.7 Å². The van der Waals surface area contributed by atoms with Gasteiger partial charge in [0.1, 0.15) is 5.92 Å². The van der Waals surface area contributed by atoms with E-state index in [1.165, 1.54) is 7.11 Å². The van der Waals surface area contributed by atoms with Gasteiger partial charge in [-0.3, -0.25) is 9.59 Å². The van der Waals surface area contributed by atoms with Crippen LogP contribution in [-0.4, -0.2) is 33.1 Å². The normalized spacial score (nSPS) is 22.0. The van der Waals surface area contributed by atoms with Gasteiger partial charge < -0.3 is 24.8 Å². The molecule has 0 fully saturated rings. The maximum Gasteiger partial charge on any atom is 0.316 e. The Bertz CT molecular complexity index is 1110. The van der Waals surface area contributed by atoms with Crippen LogP contribution in [0.2, 0.25) is 0 Å². The van der Waals surface area contributed by atoms with Crippen molar-refractivity contribution < 1.29 is 23.8 Å². The van der Waals surface area contributed by atoms with Crippen LogP contribution >= 0.6 is 15.9 Å². The summed E-state index contributed by atoms with van der Waals surface area (Å²) >= 11 is 3.55. The molecule has 4 rings (SSSR count). The first-order valence-electron chi connectivity index (χ1n) is 10.3. The third kappa shape index (κ3) is 3.72. The predicted molar refractivity (Wildman–Crippen MR) is 125 cm³/mol. The predicted octanol–water partition coefficient (Wildman–Crippen LogP) is 4.70. The quantitative estimate of drug-likeness (QED) is 0.464. The van der Waals surface area contributed by atoms with Gasteiger partial charge in [-0.05, 0) is 58.1 Å². The van der Waals surface area contributed by atoms with E-state index in [0.717, 1.165) is 22.6 Å². The highest BCUT2D eigenvalue weighted by molar-refractivity contribution is 9.10. The number of benzene rings is 2. The molecule has 1 aliphatic carbocycles. The lowest BCUT2D eigenvalue weighted by Crippen LogP contribution is -2.39. The number of Topliss-reactive ketones (excluding diaryl/α,β-unsaturated/α-hetero) is 1. The van der Waals surface area contributed by atoms with Gasteiger partial charge in [0.15, 0.2) is 17.3 Å². The number of ketones is 1. The zero-order chi connectivity index (χ0) is 23.0. The molecule has 0 saturated heterocycles. The molecule has 32 heavy (non-hydrogen) atoms. The number of allylic oxidation sites excluding steroid dienone is 1. The maximum atomic E-state index is 13.7. The second kappa shape index (κ2) is 8.86. The number of hydrogen-bond acceptors (Lipinski definition) is 7. The monoisotopic (exact) mass is 500 g/mol. The molecule has 0 spiro atoms. The summed E-state index contributed by atoms with van der Waals surface area (Å²) < 4.78 is 16.6. The molecule has 2 aliphatic rings. The Balaban J connectivity index is 1.91. The minimum absolute atomic E-state index is 0.191. The number of esters is 1. The van der Waals surface area contributed by atoms with Crippen LogP contribution in [0.1, 0.15) is 24.9 Å². The summed E-state index contributed by atoms with van der Waals surface area (Å²) in [6.07, 6.45) is 0.543. The second-order valence-electron chi connectivity index (χ2n) is 7.92. The summed E-state index contributed by atoms with van der Waals surface area (Å²) in [7, 11) is 4.45. The molecule has 1 aliphatic heterocycles. The highest BCUT2D eigenvalue weighted by atomic mass is 79.9. The summed E-state index contributed by atoms with van der Waals surface area (Å²) in [6.45, 7) is 1.90. The number of ether oxygens (including phenoxy) is 3. The molecule has 2 N–H and O–H groups in total. The molecule has 0 aromatic heterocycles. The smallest absolute Gasteiger partial charge is 0.316 e. The molecule has 2 aromatic carbocycles. The fraction of sp³-hybridized carbons (Fsp3) is 0.333. The number of carbonyl (C=O) groups is 2. The summed E-state index contributed by atoms with van der Waals surface area (Å²) in [5.74, 6) is -0.697. The average molecular weight is 501 g/mol. The van der Waals surface area contributed by atoms with Crippen LogP contribution < -0.4 is 20.1 Å². The van der Waals surface area contributed by atoms with Crippen molar-refractivity contribution >= 4 is 39.1 Å². The number of carbonyl (C=O) groups excluding carboxylic acids is 2. The van der Waals surface area contributed by atoms with Crippen LogP contribution in [-0.2, 0) is 14.3 Å². The molecule has 7 nitrogen and oxygen atoms in total. The van der Waals surface area contributed by atoms with Crippen molar-refractivity contribution in [3.8, 4) is 11.5 Å². The Hall–Kier alpha value is -3.00. The van der Waals surface area contributed by atoms with Gasteiger partial charge in [0, 0.05) is 11.3 Å². The topological polar surface area (TPSA) is 85.9 Å². The molecule has 0 amide bonds. The van der Waals surface area contributed by atoms with Crippen LogP contribution in [0.4, 0.5) is 11.4 Å². The largest absolute Gasteiger partial charge is 0.493 e. The SMILES string of the molecule is COC(=O)[C@@H]1C(=O)C2=C(C[C@H]1C)Nc1ccccc1N[C@@H]2c1cc(Br)c(OC)c(OC)c1. The third-order valence-electron chi connectivity index (χ3n) is 6.01. The number of hydrogen-bond donors (Lipinski definition) is 2. The van der Waals surface area contributed by atoms with Crippen LogP contribution in [0.5, 0.6) is 11.5 Å². The summed E-state index contributed by atoms with van der Waals surface area (Å²) in [6, 6.07) is 11.0. The van der Waals surface area contributed by atoms with Crippen LogP contribution in [0.3, 0.4) is 0 Å². The van der Waals surface area contributed by atoms with Crippen LogP contribution in [0.25, 0.3) is 0 Å². The van der Waals surface area contributed by atoms with Gasteiger partial charge in [0.05, 0.1) is 43.2 Å². The number of anilines is 2. The number of para-hydroxylation sites is 2.